The molecule has 0 spiro atoms. The zero-order valence-corrected chi connectivity index (χ0v) is 66.2. The molecule has 2 aromatic carbocycles. The Labute approximate surface area is 656 Å². The average molecular weight is 1580 g/mol. The highest BCUT2D eigenvalue weighted by atomic mass is 35.5. The van der Waals surface area contributed by atoms with Crippen LogP contribution >= 0.6 is 46.4 Å². The topological polar surface area (TPSA) is 278 Å². The number of benzene rings is 2. The van der Waals surface area contributed by atoms with Gasteiger partial charge in [0.1, 0.15) is 11.2 Å². The summed E-state index contributed by atoms with van der Waals surface area (Å²) in [7, 11) is 6.11. The first-order valence-electron chi connectivity index (χ1n) is 35.7. The number of alkyl halides is 1. The molecule has 2 fully saturated rings. The van der Waals surface area contributed by atoms with Gasteiger partial charge in [0.05, 0.1) is 97.6 Å². The van der Waals surface area contributed by atoms with E-state index < -0.39 is 30.1 Å². The van der Waals surface area contributed by atoms with Gasteiger partial charge in [0, 0.05) is 133 Å². The van der Waals surface area contributed by atoms with Gasteiger partial charge in [-0.05, 0) is 129 Å². The molecule has 12 rings (SSSR count). The quantitative estimate of drug-likeness (QED) is 0.0487. The van der Waals surface area contributed by atoms with E-state index in [-0.39, 0.29) is 42.8 Å². The summed E-state index contributed by atoms with van der Waals surface area (Å²) in [6, 6.07) is 25.4. The van der Waals surface area contributed by atoms with Gasteiger partial charge in [0.15, 0.2) is 34.9 Å². The van der Waals surface area contributed by atoms with Crippen molar-refractivity contribution in [2.75, 3.05) is 67.8 Å². The maximum absolute atomic E-state index is 13.6. The number of amides is 4. The second-order valence-electron chi connectivity index (χ2n) is 28.3. The van der Waals surface area contributed by atoms with E-state index in [0.29, 0.717) is 217 Å². The predicted molar refractivity (Wildman–Crippen MR) is 418 cm³/mol. The summed E-state index contributed by atoms with van der Waals surface area (Å²) >= 11 is 28.4. The van der Waals surface area contributed by atoms with Crippen LogP contribution in [0.5, 0.6) is 23.3 Å². The Bertz CT molecular complexity index is 5060. The molecule has 26 nitrogen and oxygen atoms in total. The van der Waals surface area contributed by atoms with Crippen molar-refractivity contribution in [3.8, 4) is 90.5 Å². The number of aromatic nitrogens is 10. The maximum Gasteiger partial charge on any atom is 0.410 e. The smallest absolute Gasteiger partial charge is 0.410 e. The Balaban J connectivity index is 0.000000219. The van der Waals surface area contributed by atoms with Crippen molar-refractivity contribution in [2.45, 2.75) is 130 Å². The number of ether oxygens (including phenoxy) is 6. The number of rotatable bonds is 22. The first-order valence-corrected chi connectivity index (χ1v) is 37.2. The van der Waals surface area contributed by atoms with Crippen molar-refractivity contribution in [3.05, 3.63) is 153 Å². The fourth-order valence-electron chi connectivity index (χ4n) is 13.1. The van der Waals surface area contributed by atoms with Crippen LogP contribution in [0.25, 0.3) is 78.6 Å². The van der Waals surface area contributed by atoms with Crippen molar-refractivity contribution in [1.29, 1.82) is 0 Å². The second-order valence-corrected chi connectivity index (χ2v) is 29.8. The molecule has 10 aromatic rings. The Morgan fingerprint density at radius 1 is 0.555 bits per heavy atom. The molecule has 8 aromatic heterocycles. The number of piperidine rings is 2. The molecule has 10 heterocycles. The van der Waals surface area contributed by atoms with E-state index in [1.54, 1.807) is 94.1 Å². The first-order chi connectivity index (χ1) is 52.6. The Hall–Kier alpha value is -10.3. The number of likely N-dealkylation sites (tertiary alicyclic amines) is 2. The normalized spacial score (nSPS) is 13.5. The summed E-state index contributed by atoms with van der Waals surface area (Å²) in [6.07, 6.45) is 9.32. The van der Waals surface area contributed by atoms with Crippen molar-refractivity contribution in [2.24, 2.45) is 0 Å². The minimum absolute atomic E-state index is 0.0157. The molecule has 0 aliphatic carbocycles. The highest BCUT2D eigenvalue weighted by Gasteiger charge is 2.36. The van der Waals surface area contributed by atoms with Crippen LogP contribution in [0.3, 0.4) is 0 Å². The van der Waals surface area contributed by atoms with E-state index in [1.807, 2.05) is 102 Å². The number of methoxy groups -OCH3 is 4. The SMILES string of the molecule is COc1nc(-c2cccc(-c3ccnc(-c4cc(OC)c5nc(C=O)nn5c4)c3Cl)c2Cl)ccc1CN(C(=O)OC(C)(C)C)C1CCN(C(C)=O)CC1.COc1nc(-c2cccc(-c3ccnc(-c4cc(OC)c5nc(CNCCCF)nn5c4)c3Cl)c2Cl)ccc1CN(C(=O)OC(C)(C)C)C1CCN(C(C)=O)CC1. The Morgan fingerprint density at radius 3 is 1.37 bits per heavy atom. The van der Waals surface area contributed by atoms with E-state index in [9.17, 15) is 28.4 Å². The standard InChI is InChI=1S/C41H47Cl2FN8O5.C38H39Cl2N7O6/c1-25(53)50-19-14-28(15-20-50)51(40(54)57-41(2,3)4)23-26-11-12-32(47-39(26)56-6)31-10-7-9-29(35(31)42)30-13-18-46-37(36(30)43)27-21-33(55-5)38-48-34(49-52(38)24-27)22-45-17-8-16-44;1-22(49)45-16-13-25(14-17-45)46(37(50)53-38(2,3)4)19-23-10-11-29(42-36(23)52-6)28-9-7-8-26(32(28)39)27-12-15-41-34(33(27)40)24-18-30(51-5)35-43-31(21-48)44-47(35)20-24/h7,9-13,18,21,24,28,45H,8,14-17,19-20,22-23H2,1-6H3;7-12,15,18,20-21,25H,13-14,16-17,19H2,1-6H3. The zero-order valence-electron chi connectivity index (χ0n) is 63.2. The molecule has 0 unspecified atom stereocenters. The molecule has 0 saturated carbocycles. The number of pyridine rings is 6. The van der Waals surface area contributed by atoms with Crippen LogP contribution in [0, 0.1) is 0 Å². The first kappa shape index (κ1) is 80.7. The van der Waals surface area contributed by atoms with E-state index >= 15 is 0 Å². The van der Waals surface area contributed by atoms with Gasteiger partial charge in [-0.2, -0.15) is 0 Å². The fourth-order valence-corrected chi connectivity index (χ4v) is 14.4. The van der Waals surface area contributed by atoms with Crippen LogP contribution < -0.4 is 24.3 Å². The highest BCUT2D eigenvalue weighted by Crippen LogP contribution is 2.45. The summed E-state index contributed by atoms with van der Waals surface area (Å²) < 4.78 is 50.0. The van der Waals surface area contributed by atoms with Crippen LogP contribution in [0.2, 0.25) is 20.1 Å². The van der Waals surface area contributed by atoms with Crippen LogP contribution in [0.4, 0.5) is 14.0 Å². The lowest BCUT2D eigenvalue weighted by atomic mass is 9.99. The largest absolute Gasteiger partial charge is 0.493 e. The number of aldehydes is 1. The molecule has 0 atom stereocenters. The minimum Gasteiger partial charge on any atom is -0.493 e. The third-order valence-corrected chi connectivity index (χ3v) is 20.1. The molecular formula is C79H86Cl4FN15O11. The molecule has 578 valence electrons. The van der Waals surface area contributed by atoms with Crippen LogP contribution in [-0.2, 0) is 38.7 Å². The molecule has 31 heteroatoms. The molecule has 2 aliphatic rings. The van der Waals surface area contributed by atoms with Crippen LogP contribution in [0.15, 0.2) is 110 Å². The minimum atomic E-state index is -0.695. The summed E-state index contributed by atoms with van der Waals surface area (Å²) in [4.78, 5) is 97.0. The molecule has 110 heavy (non-hydrogen) atoms. The molecule has 1 N–H and O–H groups in total. The molecule has 2 aliphatic heterocycles. The molecule has 4 amide bonds. The number of halogens is 5. The number of nitrogens with one attached hydrogen (secondary N) is 1. The Morgan fingerprint density at radius 2 is 0.973 bits per heavy atom. The fraction of sp³-hybridized carbons (Fsp3) is 0.380. The summed E-state index contributed by atoms with van der Waals surface area (Å²) in [5.74, 6) is 2.13. The number of hydrogen-bond donors (Lipinski definition) is 1. The van der Waals surface area contributed by atoms with Crippen molar-refractivity contribution in [1.82, 2.24) is 74.0 Å². The van der Waals surface area contributed by atoms with E-state index in [2.05, 4.69) is 35.5 Å². The van der Waals surface area contributed by atoms with Gasteiger partial charge >= 0.3 is 12.2 Å². The van der Waals surface area contributed by atoms with Gasteiger partial charge in [-0.1, -0.05) is 82.8 Å². The van der Waals surface area contributed by atoms with Gasteiger partial charge < -0.3 is 53.3 Å². The van der Waals surface area contributed by atoms with Crippen LogP contribution in [-0.4, -0.2) is 190 Å². The van der Waals surface area contributed by atoms with Gasteiger partial charge in [-0.3, -0.25) is 28.7 Å². The number of carbonyl (C=O) groups excluding carboxylic acids is 5. The monoisotopic (exact) mass is 1580 g/mol. The number of carbonyl (C=O) groups is 5. The molecule has 0 bridgehead atoms. The van der Waals surface area contributed by atoms with Gasteiger partial charge in [0.2, 0.25) is 29.4 Å². The molecule has 2 saturated heterocycles. The predicted octanol–water partition coefficient (Wildman–Crippen LogP) is 15.4. The van der Waals surface area contributed by atoms with Crippen molar-refractivity contribution < 1.29 is 56.8 Å². The highest BCUT2D eigenvalue weighted by molar-refractivity contribution is 6.40. The van der Waals surface area contributed by atoms with E-state index in [1.165, 1.54) is 25.8 Å². The third kappa shape index (κ3) is 18.6. The van der Waals surface area contributed by atoms with Gasteiger partial charge in [-0.15, -0.1) is 10.2 Å². The molecular weight excluding hydrogens is 1500 g/mol. The van der Waals surface area contributed by atoms with Gasteiger partial charge in [0.25, 0.3) is 0 Å². The average Bonchev–Trinajstić information content (AvgIpc) is 1.32. The van der Waals surface area contributed by atoms with E-state index in [0.717, 1.165) is 0 Å². The van der Waals surface area contributed by atoms with Crippen LogP contribution in [0.1, 0.15) is 115 Å². The maximum atomic E-state index is 13.6. The number of fused-ring (bicyclic) bond motifs is 2. The molecule has 0 radical (unpaired) electrons. The zero-order chi connectivity index (χ0) is 78.9. The number of hydrogen-bond acceptors (Lipinski definition) is 20. The Kier molecular flexibility index (Phi) is 25.8. The lowest BCUT2D eigenvalue weighted by molar-refractivity contribution is -0.131. The lowest BCUT2D eigenvalue weighted by Crippen LogP contribution is -2.49. The summed E-state index contributed by atoms with van der Waals surface area (Å²) in [5.41, 5.74) is 8.02. The number of nitrogens with zero attached hydrogens (tertiary/aromatic N) is 14. The van der Waals surface area contributed by atoms with Gasteiger partial charge in [-0.25, -0.2) is 38.6 Å². The summed E-state index contributed by atoms with van der Waals surface area (Å²) in [6.45, 7) is 17.2. The van der Waals surface area contributed by atoms with Crippen molar-refractivity contribution in [3.63, 3.8) is 0 Å². The third-order valence-electron chi connectivity index (χ3n) is 18.5. The second kappa shape index (κ2) is 35.1. The lowest BCUT2D eigenvalue weighted by Gasteiger charge is -2.39. The van der Waals surface area contributed by atoms with Crippen molar-refractivity contribution >= 4 is 88.0 Å². The van der Waals surface area contributed by atoms with E-state index in [4.69, 9.17) is 84.8 Å². The summed E-state index contributed by atoms with van der Waals surface area (Å²) in [5, 5.41) is 13.4.